The van der Waals surface area contributed by atoms with Gasteiger partial charge in [0.1, 0.15) is 0 Å². The maximum atomic E-state index is 11.8. The summed E-state index contributed by atoms with van der Waals surface area (Å²) in [6.07, 6.45) is 13.8. The van der Waals surface area contributed by atoms with Crippen LogP contribution in [-0.4, -0.2) is 45.3 Å². The summed E-state index contributed by atoms with van der Waals surface area (Å²) in [6, 6.07) is 0. The molecule has 0 aromatic heterocycles. The fourth-order valence-electron chi connectivity index (χ4n) is 6.36. The molecule has 2 rings (SSSR count). The van der Waals surface area contributed by atoms with Crippen molar-refractivity contribution in [2.75, 3.05) is 13.2 Å². The molecule has 2 fully saturated rings. The zero-order valence-corrected chi connectivity index (χ0v) is 22.1. The van der Waals surface area contributed by atoms with E-state index in [1.54, 1.807) is 0 Å². The van der Waals surface area contributed by atoms with E-state index in [1.807, 2.05) is 26.0 Å². The van der Waals surface area contributed by atoms with Crippen molar-refractivity contribution in [3.8, 4) is 0 Å². The van der Waals surface area contributed by atoms with Gasteiger partial charge >= 0.3 is 0 Å². The second-order valence-corrected chi connectivity index (χ2v) is 11.1. The summed E-state index contributed by atoms with van der Waals surface area (Å²) in [5, 5.41) is 42.8. The highest BCUT2D eigenvalue weighted by Gasteiger charge is 2.63. The first kappa shape index (κ1) is 28.8. The topological polar surface area (TPSA) is 80.9 Å². The number of allylic oxidation sites excluding steroid dienone is 7. The van der Waals surface area contributed by atoms with Crippen molar-refractivity contribution in [1.82, 2.24) is 0 Å². The Labute approximate surface area is 207 Å². The van der Waals surface area contributed by atoms with Crippen LogP contribution in [-0.2, 0) is 0 Å². The summed E-state index contributed by atoms with van der Waals surface area (Å²) >= 11 is 0. The first-order valence-electron chi connectivity index (χ1n) is 13.0. The van der Waals surface area contributed by atoms with E-state index in [2.05, 4.69) is 39.5 Å². The fraction of sp³-hybridized carbons (Fsp3) is 0.667. The van der Waals surface area contributed by atoms with Gasteiger partial charge in [-0.3, -0.25) is 0 Å². The van der Waals surface area contributed by atoms with Crippen LogP contribution >= 0.6 is 0 Å². The first-order chi connectivity index (χ1) is 16.0. The summed E-state index contributed by atoms with van der Waals surface area (Å²) in [5.74, 6) is -0.183. The fourth-order valence-corrected chi connectivity index (χ4v) is 6.36. The minimum atomic E-state index is -1.02. The molecule has 4 N–H and O–H groups in total. The molecule has 0 amide bonds. The van der Waals surface area contributed by atoms with Crippen molar-refractivity contribution in [1.29, 1.82) is 0 Å². The summed E-state index contributed by atoms with van der Waals surface area (Å²) in [7, 11) is 0. The molecule has 0 saturated heterocycles. The first-order valence-corrected chi connectivity index (χ1v) is 13.0. The average Bonchev–Trinajstić information content (AvgIpc) is 3.12. The largest absolute Gasteiger partial charge is 0.396 e. The molecule has 4 nitrogen and oxygen atoms in total. The van der Waals surface area contributed by atoms with Crippen molar-refractivity contribution >= 4 is 0 Å². The van der Waals surface area contributed by atoms with E-state index in [-0.39, 0.29) is 25.0 Å². The highest BCUT2D eigenvalue weighted by molar-refractivity contribution is 5.32. The van der Waals surface area contributed by atoms with Gasteiger partial charge in [-0.25, -0.2) is 0 Å². The lowest BCUT2D eigenvalue weighted by Crippen LogP contribution is -2.59. The Morgan fingerprint density at radius 1 is 1.15 bits per heavy atom. The SMILES string of the molecule is C=C(/C=C/C=C(\C)CCC=C(C)C)C1CC[C@]2(C(CCCO)/C(=C(/C)CO)CC[C@]2(C)O)C1O. The van der Waals surface area contributed by atoms with Gasteiger partial charge in [-0.1, -0.05) is 47.6 Å². The monoisotopic (exact) mass is 472 g/mol. The summed E-state index contributed by atoms with van der Waals surface area (Å²) in [4.78, 5) is 0. The normalized spacial score (nSPS) is 33.6. The summed E-state index contributed by atoms with van der Waals surface area (Å²) in [5.41, 5.74) is 3.89. The number of rotatable bonds is 10. The average molecular weight is 473 g/mol. The molecule has 1 spiro atoms. The third-order valence-electron chi connectivity index (χ3n) is 8.40. The number of aliphatic hydroxyl groups excluding tert-OH is 3. The van der Waals surface area contributed by atoms with Crippen LogP contribution in [0.4, 0.5) is 0 Å². The molecule has 4 heteroatoms. The van der Waals surface area contributed by atoms with Gasteiger partial charge in [0.2, 0.25) is 0 Å². The second kappa shape index (κ2) is 12.5. The van der Waals surface area contributed by atoms with Crippen molar-refractivity contribution < 1.29 is 20.4 Å². The Bertz CT molecular complexity index is 825. The Balaban J connectivity index is 2.28. The van der Waals surface area contributed by atoms with Crippen LogP contribution in [0.2, 0.25) is 0 Å². The lowest BCUT2D eigenvalue weighted by molar-refractivity contribution is -0.167. The third-order valence-corrected chi connectivity index (χ3v) is 8.40. The van der Waals surface area contributed by atoms with E-state index >= 15 is 0 Å². The van der Waals surface area contributed by atoms with E-state index in [1.165, 1.54) is 11.1 Å². The summed E-state index contributed by atoms with van der Waals surface area (Å²) in [6.45, 7) is 14.5. The van der Waals surface area contributed by atoms with Crippen LogP contribution in [0.25, 0.3) is 0 Å². The van der Waals surface area contributed by atoms with Gasteiger partial charge in [-0.05, 0) is 103 Å². The highest BCUT2D eigenvalue weighted by Crippen LogP contribution is 2.62. The molecule has 0 radical (unpaired) electrons. The van der Waals surface area contributed by atoms with Crippen LogP contribution in [0.1, 0.15) is 86.0 Å². The molecule has 5 atom stereocenters. The lowest BCUT2D eigenvalue weighted by atomic mass is 9.52. The van der Waals surface area contributed by atoms with Gasteiger partial charge in [-0.15, -0.1) is 0 Å². The molecule has 0 aromatic rings. The molecule has 0 aromatic carbocycles. The standard InChI is InChI=1S/C30H48O4/c1-21(2)10-7-11-22(3)12-8-13-23(4)26-16-18-30(28(26)33)27(14-9-19-31)25(24(5)20-32)15-17-29(30,6)34/h8,10,12-13,26-28,31-34H,4,7,9,11,14-20H2,1-3,5-6H3/b13-8+,22-12+,25-24-/t26?,27?,28?,29-,30-/m0/s1. The smallest absolute Gasteiger partial charge is 0.0709 e. The molecule has 0 heterocycles. The molecule has 0 aliphatic heterocycles. The molecular formula is C30H48O4. The predicted octanol–water partition coefficient (Wildman–Crippen LogP) is 5.79. The van der Waals surface area contributed by atoms with E-state index in [0.29, 0.717) is 32.1 Å². The quantitative estimate of drug-likeness (QED) is 0.240. The van der Waals surface area contributed by atoms with E-state index in [0.717, 1.165) is 36.0 Å². The Kier molecular flexibility index (Phi) is 10.6. The van der Waals surface area contributed by atoms with Gasteiger partial charge in [0.05, 0.1) is 18.3 Å². The molecule has 34 heavy (non-hydrogen) atoms. The lowest BCUT2D eigenvalue weighted by Gasteiger charge is -2.55. The van der Waals surface area contributed by atoms with Gasteiger partial charge in [0.25, 0.3) is 0 Å². The van der Waals surface area contributed by atoms with Crippen LogP contribution < -0.4 is 0 Å². The van der Waals surface area contributed by atoms with Crippen LogP contribution in [0.3, 0.4) is 0 Å². The Hall–Kier alpha value is -1.46. The van der Waals surface area contributed by atoms with Crippen LogP contribution in [0.5, 0.6) is 0 Å². The van der Waals surface area contributed by atoms with Crippen molar-refractivity contribution in [2.45, 2.75) is 97.7 Å². The number of aliphatic hydroxyl groups is 4. The zero-order chi connectivity index (χ0) is 25.5. The molecule has 2 saturated carbocycles. The Morgan fingerprint density at radius 2 is 1.85 bits per heavy atom. The van der Waals surface area contributed by atoms with Crippen LogP contribution in [0, 0.1) is 17.3 Å². The molecule has 2 aliphatic carbocycles. The van der Waals surface area contributed by atoms with E-state index in [9.17, 15) is 20.4 Å². The van der Waals surface area contributed by atoms with Gasteiger partial charge in [-0.2, -0.15) is 0 Å². The zero-order valence-electron chi connectivity index (χ0n) is 22.1. The molecular weight excluding hydrogens is 424 g/mol. The van der Waals surface area contributed by atoms with Gasteiger partial charge in [0.15, 0.2) is 0 Å². The maximum Gasteiger partial charge on any atom is 0.0709 e. The molecule has 3 unspecified atom stereocenters. The van der Waals surface area contributed by atoms with Crippen molar-refractivity contribution in [3.63, 3.8) is 0 Å². The minimum absolute atomic E-state index is 0.0164. The number of hydrogen-bond donors (Lipinski definition) is 4. The molecule has 0 bridgehead atoms. The highest BCUT2D eigenvalue weighted by atomic mass is 16.3. The summed E-state index contributed by atoms with van der Waals surface area (Å²) < 4.78 is 0. The minimum Gasteiger partial charge on any atom is -0.396 e. The van der Waals surface area contributed by atoms with Crippen molar-refractivity contribution in [3.05, 3.63) is 58.7 Å². The molecule has 192 valence electrons. The van der Waals surface area contributed by atoms with E-state index < -0.39 is 17.1 Å². The van der Waals surface area contributed by atoms with Gasteiger partial charge < -0.3 is 20.4 Å². The van der Waals surface area contributed by atoms with E-state index in [4.69, 9.17) is 0 Å². The Morgan fingerprint density at radius 3 is 2.47 bits per heavy atom. The second-order valence-electron chi connectivity index (χ2n) is 11.1. The maximum absolute atomic E-state index is 11.8. The third kappa shape index (κ3) is 6.20. The number of hydrogen-bond acceptors (Lipinski definition) is 4. The van der Waals surface area contributed by atoms with Crippen molar-refractivity contribution in [2.24, 2.45) is 17.3 Å². The van der Waals surface area contributed by atoms with Gasteiger partial charge in [0, 0.05) is 17.9 Å². The predicted molar refractivity (Wildman–Crippen MR) is 141 cm³/mol. The molecule has 2 aliphatic rings. The van der Waals surface area contributed by atoms with Crippen LogP contribution in [0.15, 0.2) is 58.7 Å².